The predicted octanol–water partition coefficient (Wildman–Crippen LogP) is 5.57. The molecule has 0 atom stereocenters. The topological polar surface area (TPSA) is 135 Å². The van der Waals surface area contributed by atoms with Gasteiger partial charge in [-0.2, -0.15) is 13.2 Å². The maximum atomic E-state index is 13.5. The maximum Gasteiger partial charge on any atom is 0.418 e. The van der Waals surface area contributed by atoms with Crippen LogP contribution in [0.2, 0.25) is 0 Å². The van der Waals surface area contributed by atoms with Crippen molar-refractivity contribution in [2.45, 2.75) is 13.1 Å². The van der Waals surface area contributed by atoms with Crippen LogP contribution in [0.3, 0.4) is 0 Å². The van der Waals surface area contributed by atoms with Crippen molar-refractivity contribution in [3.05, 3.63) is 72.4 Å². The molecule has 9 nitrogen and oxygen atoms in total. The molecule has 4 rings (SSSR count). The average Bonchev–Trinajstić information content (AvgIpc) is 3.19. The van der Waals surface area contributed by atoms with Crippen LogP contribution in [0.1, 0.15) is 11.3 Å². The Morgan fingerprint density at radius 1 is 1.03 bits per heavy atom. The molecule has 0 saturated heterocycles. The number of halogens is 3. The fraction of sp³-hybridized carbons (Fsp3) is 0.0833. The first kappa shape index (κ1) is 24.3. The number of hydrogen-bond donors (Lipinski definition) is 4. The van der Waals surface area contributed by atoms with Crippen LogP contribution < -0.4 is 21.7 Å². The molecule has 2 aromatic carbocycles. The molecule has 5 N–H and O–H groups in total. The molecular formula is C24H19F3N6O3. The van der Waals surface area contributed by atoms with E-state index < -0.39 is 29.4 Å². The molecule has 36 heavy (non-hydrogen) atoms. The van der Waals surface area contributed by atoms with Crippen LogP contribution in [0.5, 0.6) is 0 Å². The summed E-state index contributed by atoms with van der Waals surface area (Å²) in [7, 11) is 0. The van der Waals surface area contributed by atoms with Crippen molar-refractivity contribution in [1.82, 2.24) is 10.1 Å². The second kappa shape index (κ2) is 9.41. The van der Waals surface area contributed by atoms with E-state index >= 15 is 0 Å². The molecule has 0 bridgehead atoms. The van der Waals surface area contributed by atoms with Gasteiger partial charge in [0.05, 0.1) is 16.6 Å². The van der Waals surface area contributed by atoms with Crippen molar-refractivity contribution >= 4 is 45.9 Å². The molecule has 3 amide bonds. The highest BCUT2D eigenvalue weighted by molar-refractivity contribution is 6.02. The number of anilines is 4. The number of carbonyl (C=O) groups excluding carboxylic acids is 2. The Labute approximate surface area is 202 Å². The molecule has 4 aromatic rings. The zero-order valence-corrected chi connectivity index (χ0v) is 18.7. The Hall–Kier alpha value is -4.87. The number of nitrogens with zero attached hydrogens (tertiary/aromatic N) is 2. The van der Waals surface area contributed by atoms with Gasteiger partial charge in [-0.25, -0.2) is 9.78 Å². The summed E-state index contributed by atoms with van der Waals surface area (Å²) in [6.45, 7) is 5.04. The fourth-order valence-electron chi connectivity index (χ4n) is 3.50. The molecule has 2 heterocycles. The second-order valence-corrected chi connectivity index (χ2v) is 7.67. The summed E-state index contributed by atoms with van der Waals surface area (Å²) in [6.07, 6.45) is -3.85. The molecule has 184 valence electrons. The molecule has 0 radical (unpaired) electrons. The lowest BCUT2D eigenvalue weighted by atomic mass is 10.0. The van der Waals surface area contributed by atoms with E-state index in [2.05, 4.69) is 32.7 Å². The average molecular weight is 496 g/mol. The van der Waals surface area contributed by atoms with Crippen LogP contribution in [0.25, 0.3) is 22.2 Å². The van der Waals surface area contributed by atoms with Gasteiger partial charge in [-0.1, -0.05) is 23.9 Å². The monoisotopic (exact) mass is 496 g/mol. The number of aromatic nitrogens is 2. The zero-order chi connectivity index (χ0) is 26.0. The van der Waals surface area contributed by atoms with Crippen molar-refractivity contribution in [3.63, 3.8) is 0 Å². The number of benzene rings is 2. The number of hydrogen-bond acceptors (Lipinski definition) is 6. The minimum absolute atomic E-state index is 0.0947. The molecule has 0 aliphatic rings. The Morgan fingerprint density at radius 3 is 2.39 bits per heavy atom. The van der Waals surface area contributed by atoms with Crippen LogP contribution in [-0.2, 0) is 11.0 Å². The quantitative estimate of drug-likeness (QED) is 0.267. The Balaban J connectivity index is 1.53. The number of nitrogens with one attached hydrogen (secondary N) is 3. The summed E-state index contributed by atoms with van der Waals surface area (Å²) in [6, 6.07) is 10.5. The lowest BCUT2D eigenvalue weighted by molar-refractivity contribution is -0.136. The van der Waals surface area contributed by atoms with Crippen molar-refractivity contribution in [2.24, 2.45) is 0 Å². The summed E-state index contributed by atoms with van der Waals surface area (Å²) < 4.78 is 45.8. The first-order valence-electron chi connectivity index (χ1n) is 10.4. The van der Waals surface area contributed by atoms with Crippen molar-refractivity contribution < 1.29 is 27.3 Å². The SMILES string of the molecule is C=CC(=O)Nc1ccc(NC(=O)Nc2ccc(-c3cc(C)nc4onc(N)c34)cc2)c(C(F)(F)F)c1. The van der Waals surface area contributed by atoms with E-state index in [-0.39, 0.29) is 11.5 Å². The van der Waals surface area contributed by atoms with E-state index in [1.165, 1.54) is 6.07 Å². The van der Waals surface area contributed by atoms with Gasteiger partial charge in [-0.3, -0.25) is 4.79 Å². The summed E-state index contributed by atoms with van der Waals surface area (Å²) in [5.41, 5.74) is 6.98. The molecule has 0 fully saturated rings. The smallest absolute Gasteiger partial charge is 0.380 e. The molecule has 2 aromatic heterocycles. The van der Waals surface area contributed by atoms with Crippen LogP contribution in [0, 0.1) is 6.92 Å². The van der Waals surface area contributed by atoms with Crippen LogP contribution in [0.4, 0.5) is 40.8 Å². The number of nitrogens with two attached hydrogens (primary N) is 1. The van der Waals surface area contributed by atoms with E-state index in [0.717, 1.165) is 29.3 Å². The Bertz CT molecular complexity index is 1480. The lowest BCUT2D eigenvalue weighted by Crippen LogP contribution is -2.22. The van der Waals surface area contributed by atoms with Gasteiger partial charge in [0, 0.05) is 22.6 Å². The second-order valence-electron chi connectivity index (χ2n) is 7.67. The number of rotatable bonds is 5. The van der Waals surface area contributed by atoms with E-state index in [1.54, 1.807) is 31.2 Å². The van der Waals surface area contributed by atoms with Gasteiger partial charge < -0.3 is 26.2 Å². The number of amides is 3. The maximum absolute atomic E-state index is 13.5. The van der Waals surface area contributed by atoms with Gasteiger partial charge in [0.15, 0.2) is 5.82 Å². The molecule has 0 saturated carbocycles. The minimum atomic E-state index is -4.78. The van der Waals surface area contributed by atoms with Crippen molar-refractivity contribution in [1.29, 1.82) is 0 Å². The molecular weight excluding hydrogens is 477 g/mol. The molecule has 0 aliphatic heterocycles. The summed E-state index contributed by atoms with van der Waals surface area (Å²) in [5.74, 6) is -0.482. The highest BCUT2D eigenvalue weighted by Crippen LogP contribution is 2.37. The summed E-state index contributed by atoms with van der Waals surface area (Å²) in [4.78, 5) is 28.1. The number of nitrogen functional groups attached to an aromatic ring is 1. The van der Waals surface area contributed by atoms with E-state index in [9.17, 15) is 22.8 Å². The Morgan fingerprint density at radius 2 is 1.72 bits per heavy atom. The van der Waals surface area contributed by atoms with Gasteiger partial charge in [-0.15, -0.1) is 0 Å². The summed E-state index contributed by atoms with van der Waals surface area (Å²) >= 11 is 0. The van der Waals surface area contributed by atoms with Gasteiger partial charge in [0.1, 0.15) is 0 Å². The number of alkyl halides is 3. The van der Waals surface area contributed by atoms with Gasteiger partial charge in [0.2, 0.25) is 5.91 Å². The van der Waals surface area contributed by atoms with Crippen LogP contribution in [-0.4, -0.2) is 22.1 Å². The number of fused-ring (bicyclic) bond motifs is 1. The Kier molecular flexibility index (Phi) is 6.34. The molecule has 0 spiro atoms. The third-order valence-electron chi connectivity index (χ3n) is 5.08. The lowest BCUT2D eigenvalue weighted by Gasteiger charge is -2.16. The molecule has 12 heteroatoms. The van der Waals surface area contributed by atoms with E-state index in [1.807, 2.05) is 6.07 Å². The van der Waals surface area contributed by atoms with Crippen molar-refractivity contribution in [2.75, 3.05) is 21.7 Å². The normalized spacial score (nSPS) is 11.2. The van der Waals surface area contributed by atoms with Crippen molar-refractivity contribution in [3.8, 4) is 11.1 Å². The largest absolute Gasteiger partial charge is 0.418 e. The number of aryl methyl sites for hydroxylation is 1. The van der Waals surface area contributed by atoms with Crippen LogP contribution in [0.15, 0.2) is 65.7 Å². The molecule has 0 unspecified atom stereocenters. The minimum Gasteiger partial charge on any atom is -0.380 e. The van der Waals surface area contributed by atoms with Gasteiger partial charge in [0.25, 0.3) is 5.71 Å². The number of carbonyl (C=O) groups is 2. The standard InChI is InChI=1S/C24H19F3N6O3/c1-3-19(34)30-15-8-9-18(17(11-15)24(25,26)27)32-23(35)31-14-6-4-13(5-7-14)16-10-12(2)29-22-20(16)21(28)33-36-22/h3-11H,1H2,2H3,(H2,28,33)(H,30,34)(H2,31,32,35). The highest BCUT2D eigenvalue weighted by Gasteiger charge is 2.34. The van der Waals surface area contributed by atoms with E-state index in [0.29, 0.717) is 22.5 Å². The first-order valence-corrected chi connectivity index (χ1v) is 10.4. The zero-order valence-electron chi connectivity index (χ0n) is 18.7. The first-order chi connectivity index (χ1) is 17.0. The summed E-state index contributed by atoms with van der Waals surface area (Å²) in [5, 5.41) is 11.2. The number of urea groups is 1. The fourth-order valence-corrected chi connectivity index (χ4v) is 3.50. The third-order valence-corrected chi connectivity index (χ3v) is 5.08. The van der Waals surface area contributed by atoms with Gasteiger partial charge in [-0.05, 0) is 55.0 Å². The third kappa shape index (κ3) is 5.12. The van der Waals surface area contributed by atoms with Gasteiger partial charge >= 0.3 is 12.2 Å². The highest BCUT2D eigenvalue weighted by atomic mass is 19.4. The van der Waals surface area contributed by atoms with E-state index in [4.69, 9.17) is 10.3 Å². The predicted molar refractivity (Wildman–Crippen MR) is 129 cm³/mol. The molecule has 0 aliphatic carbocycles. The number of pyridine rings is 1. The van der Waals surface area contributed by atoms with Crippen LogP contribution >= 0.6 is 0 Å².